The number of rotatable bonds is 7. The van der Waals surface area contributed by atoms with Crippen LogP contribution < -0.4 is 4.90 Å². The molecular weight excluding hydrogens is 455 g/mol. The molecule has 2 aromatic heterocycles. The van der Waals surface area contributed by atoms with E-state index < -0.39 is 0 Å². The number of nitrogens with one attached hydrogen (secondary N) is 1. The van der Waals surface area contributed by atoms with Gasteiger partial charge in [-0.3, -0.25) is 4.79 Å². The summed E-state index contributed by atoms with van der Waals surface area (Å²) in [6, 6.07) is 16.8. The Balaban J connectivity index is 1.24. The zero-order chi connectivity index (χ0) is 24.9. The molecular formula is C28H29FN6O. The molecule has 8 heteroatoms. The molecule has 4 aromatic rings. The third-order valence-electron chi connectivity index (χ3n) is 6.54. The number of carbonyl (C=O) groups excluding carboxylic acids is 1. The fourth-order valence-corrected chi connectivity index (χ4v) is 4.54. The summed E-state index contributed by atoms with van der Waals surface area (Å²) in [6.45, 7) is 4.55. The van der Waals surface area contributed by atoms with E-state index in [1.807, 2.05) is 35.2 Å². The van der Waals surface area contributed by atoms with Crippen LogP contribution in [0.3, 0.4) is 0 Å². The van der Waals surface area contributed by atoms with Crippen LogP contribution in [-0.4, -0.2) is 56.9 Å². The molecule has 1 fully saturated rings. The number of hydrogen-bond acceptors (Lipinski definition) is 5. The Morgan fingerprint density at radius 1 is 0.972 bits per heavy atom. The van der Waals surface area contributed by atoms with Crippen molar-refractivity contribution in [3.8, 4) is 22.6 Å². The quantitative estimate of drug-likeness (QED) is 0.413. The molecule has 1 aliphatic heterocycles. The first-order valence-electron chi connectivity index (χ1n) is 12.3. The summed E-state index contributed by atoms with van der Waals surface area (Å²) in [6.07, 6.45) is 5.36. The molecule has 1 aliphatic rings. The first-order chi connectivity index (χ1) is 17.6. The molecule has 0 radical (unpaired) electrons. The lowest BCUT2D eigenvalue weighted by molar-refractivity contribution is -0.131. The maximum absolute atomic E-state index is 13.8. The van der Waals surface area contributed by atoms with Gasteiger partial charge in [-0.1, -0.05) is 30.3 Å². The van der Waals surface area contributed by atoms with E-state index in [4.69, 9.17) is 4.98 Å². The van der Waals surface area contributed by atoms with Crippen molar-refractivity contribution in [2.24, 2.45) is 0 Å². The van der Waals surface area contributed by atoms with Crippen LogP contribution in [0.15, 0.2) is 67.0 Å². The van der Waals surface area contributed by atoms with E-state index in [2.05, 4.69) is 19.9 Å². The topological polar surface area (TPSA) is 78.0 Å². The first-order valence-corrected chi connectivity index (χ1v) is 12.3. The number of piperazine rings is 1. The smallest absolute Gasteiger partial charge is 0.225 e. The van der Waals surface area contributed by atoms with E-state index in [-0.39, 0.29) is 11.7 Å². The summed E-state index contributed by atoms with van der Waals surface area (Å²) < 4.78 is 13.8. The van der Waals surface area contributed by atoms with Gasteiger partial charge in [0.25, 0.3) is 0 Å². The number of halogens is 1. The number of aryl methyl sites for hydroxylation is 2. The molecule has 5 rings (SSSR count). The number of amides is 1. The maximum atomic E-state index is 13.8. The van der Waals surface area contributed by atoms with Crippen molar-refractivity contribution in [3.05, 3.63) is 84.1 Å². The summed E-state index contributed by atoms with van der Waals surface area (Å²) in [4.78, 5) is 33.8. The normalized spacial score (nSPS) is 13.7. The Morgan fingerprint density at radius 3 is 2.44 bits per heavy atom. The highest BCUT2D eigenvalue weighted by Crippen LogP contribution is 2.28. The molecule has 0 atom stereocenters. The Bertz CT molecular complexity index is 1320. The second-order valence-electron chi connectivity index (χ2n) is 9.01. The van der Waals surface area contributed by atoms with Crippen molar-refractivity contribution in [1.82, 2.24) is 24.8 Å². The number of anilines is 1. The van der Waals surface area contributed by atoms with E-state index in [1.54, 1.807) is 37.5 Å². The number of benzene rings is 2. The van der Waals surface area contributed by atoms with Crippen LogP contribution in [0.2, 0.25) is 0 Å². The standard InChI is InChI=1S/C28H29FN6O/c1-20-19-22(11-12-23(20)29)27-32-24(26(33-27)21-7-3-2-4-8-21)9-5-10-25(36)34-15-17-35(18-16-34)28-30-13-6-14-31-28/h2-4,6-8,11-14,19H,5,9-10,15-18H2,1H3,(H,32,33). The van der Waals surface area contributed by atoms with Crippen LogP contribution in [0, 0.1) is 12.7 Å². The van der Waals surface area contributed by atoms with Gasteiger partial charge in [0.1, 0.15) is 11.6 Å². The minimum atomic E-state index is -0.232. The molecule has 36 heavy (non-hydrogen) atoms. The Morgan fingerprint density at radius 2 is 1.72 bits per heavy atom. The molecule has 1 N–H and O–H groups in total. The Kier molecular flexibility index (Phi) is 7.02. The fraction of sp³-hybridized carbons (Fsp3) is 0.286. The maximum Gasteiger partial charge on any atom is 0.225 e. The Hall–Kier alpha value is -4.07. The second-order valence-corrected chi connectivity index (χ2v) is 9.01. The van der Waals surface area contributed by atoms with E-state index in [0.29, 0.717) is 49.7 Å². The van der Waals surface area contributed by atoms with Crippen molar-refractivity contribution in [1.29, 1.82) is 0 Å². The van der Waals surface area contributed by atoms with Gasteiger partial charge in [0.05, 0.1) is 5.69 Å². The van der Waals surface area contributed by atoms with Gasteiger partial charge in [0, 0.05) is 61.8 Å². The molecule has 1 saturated heterocycles. The fourth-order valence-electron chi connectivity index (χ4n) is 4.54. The summed E-state index contributed by atoms with van der Waals surface area (Å²) >= 11 is 0. The summed E-state index contributed by atoms with van der Waals surface area (Å²) in [5, 5.41) is 0. The summed E-state index contributed by atoms with van der Waals surface area (Å²) in [7, 11) is 0. The van der Waals surface area contributed by atoms with E-state index >= 15 is 0 Å². The number of H-pyrrole nitrogens is 1. The molecule has 2 aromatic carbocycles. The third kappa shape index (κ3) is 5.27. The van der Waals surface area contributed by atoms with Crippen LogP contribution >= 0.6 is 0 Å². The highest BCUT2D eigenvalue weighted by atomic mass is 19.1. The molecule has 0 saturated carbocycles. The predicted molar refractivity (Wildman–Crippen MR) is 138 cm³/mol. The van der Waals surface area contributed by atoms with Crippen molar-refractivity contribution in [3.63, 3.8) is 0 Å². The molecule has 3 heterocycles. The van der Waals surface area contributed by atoms with E-state index in [1.165, 1.54) is 6.07 Å². The lowest BCUT2D eigenvalue weighted by Gasteiger charge is -2.34. The van der Waals surface area contributed by atoms with Gasteiger partial charge < -0.3 is 14.8 Å². The van der Waals surface area contributed by atoms with Crippen molar-refractivity contribution in [2.75, 3.05) is 31.1 Å². The number of hydrogen-bond donors (Lipinski definition) is 1. The highest BCUT2D eigenvalue weighted by Gasteiger charge is 2.22. The van der Waals surface area contributed by atoms with Crippen molar-refractivity contribution < 1.29 is 9.18 Å². The SMILES string of the molecule is Cc1cc(-c2nc(-c3ccccc3)c(CCCC(=O)N3CCN(c4ncccn4)CC3)[nH]2)ccc1F. The van der Waals surface area contributed by atoms with Crippen LogP contribution in [0.1, 0.15) is 24.1 Å². The lowest BCUT2D eigenvalue weighted by atomic mass is 10.1. The van der Waals surface area contributed by atoms with Gasteiger partial charge in [-0.05, 0) is 49.6 Å². The lowest BCUT2D eigenvalue weighted by Crippen LogP contribution is -2.49. The van der Waals surface area contributed by atoms with E-state index in [9.17, 15) is 9.18 Å². The Labute approximate surface area is 210 Å². The molecule has 0 bridgehead atoms. The van der Waals surface area contributed by atoms with Crippen LogP contribution in [0.5, 0.6) is 0 Å². The molecule has 1 amide bonds. The van der Waals surface area contributed by atoms with Gasteiger partial charge in [0.15, 0.2) is 0 Å². The van der Waals surface area contributed by atoms with Crippen LogP contribution in [0.25, 0.3) is 22.6 Å². The zero-order valence-corrected chi connectivity index (χ0v) is 20.3. The van der Waals surface area contributed by atoms with Gasteiger partial charge in [-0.2, -0.15) is 0 Å². The largest absolute Gasteiger partial charge is 0.341 e. The number of aromatic amines is 1. The number of imidazole rings is 1. The monoisotopic (exact) mass is 484 g/mol. The van der Waals surface area contributed by atoms with Crippen molar-refractivity contribution >= 4 is 11.9 Å². The van der Waals surface area contributed by atoms with Gasteiger partial charge in [-0.15, -0.1) is 0 Å². The molecule has 7 nitrogen and oxygen atoms in total. The zero-order valence-electron chi connectivity index (χ0n) is 20.3. The summed E-state index contributed by atoms with van der Waals surface area (Å²) in [5.74, 6) is 1.35. The average molecular weight is 485 g/mol. The van der Waals surface area contributed by atoms with Crippen molar-refractivity contribution in [2.45, 2.75) is 26.2 Å². The van der Waals surface area contributed by atoms with E-state index in [0.717, 1.165) is 35.6 Å². The molecule has 184 valence electrons. The second kappa shape index (κ2) is 10.7. The molecule has 0 unspecified atom stereocenters. The highest BCUT2D eigenvalue weighted by molar-refractivity contribution is 5.76. The number of nitrogens with zero attached hydrogens (tertiary/aromatic N) is 5. The van der Waals surface area contributed by atoms with Gasteiger partial charge >= 0.3 is 0 Å². The minimum absolute atomic E-state index is 0.166. The number of carbonyl (C=O) groups is 1. The summed E-state index contributed by atoms with van der Waals surface area (Å²) in [5.41, 5.74) is 4.29. The van der Waals surface area contributed by atoms with Crippen LogP contribution in [0.4, 0.5) is 10.3 Å². The first kappa shape index (κ1) is 23.7. The molecule has 0 spiro atoms. The number of aromatic nitrogens is 4. The van der Waals surface area contributed by atoms with Crippen LogP contribution in [-0.2, 0) is 11.2 Å². The minimum Gasteiger partial charge on any atom is -0.341 e. The van der Waals surface area contributed by atoms with Gasteiger partial charge in [-0.25, -0.2) is 19.3 Å². The average Bonchev–Trinajstić information content (AvgIpc) is 3.35. The molecule has 0 aliphatic carbocycles. The van der Waals surface area contributed by atoms with Gasteiger partial charge in [0.2, 0.25) is 11.9 Å². The third-order valence-corrected chi connectivity index (χ3v) is 6.54. The predicted octanol–water partition coefficient (Wildman–Crippen LogP) is 4.65.